The van der Waals surface area contributed by atoms with Gasteiger partial charge in [-0.3, -0.25) is 8.42 Å². The quantitative estimate of drug-likeness (QED) is 0.445. The third-order valence-corrected chi connectivity index (χ3v) is 1.52. The van der Waals surface area contributed by atoms with Crippen molar-refractivity contribution in [3.63, 3.8) is 0 Å². The predicted molar refractivity (Wildman–Crippen MR) is 40.5 cm³/mol. The molecule has 13 heavy (non-hydrogen) atoms. The van der Waals surface area contributed by atoms with Gasteiger partial charge in [-0.05, 0) is 0 Å². The molecule has 80 valence electrons. The molecule has 8 heteroatoms. The minimum atomic E-state index is -5.17. The average Bonchev–Trinajstić information content (AvgIpc) is 2.12. The maximum absolute atomic E-state index is 8.52. The fourth-order valence-electron chi connectivity index (χ4n) is 0.960. The molecule has 0 aromatic heterocycles. The Morgan fingerprint density at radius 1 is 1.08 bits per heavy atom. The molecule has 0 aliphatic heterocycles. The van der Waals surface area contributed by atoms with Gasteiger partial charge >= 0.3 is 21.1 Å². The summed E-state index contributed by atoms with van der Waals surface area (Å²) < 4.78 is 34.1. The molecule has 6 nitrogen and oxygen atoms in total. The fraction of sp³-hybridized carbons (Fsp3) is 1.00. The van der Waals surface area contributed by atoms with E-state index in [0.29, 0.717) is 0 Å². The Morgan fingerprint density at radius 2 is 1.31 bits per heavy atom. The average molecular weight is 389 g/mol. The summed E-state index contributed by atoms with van der Waals surface area (Å²) in [5, 5.41) is 0. The first-order valence-electron chi connectivity index (χ1n) is 3.39. The number of hydrogen-bond donors (Lipinski definition) is 0. The second-order valence-electron chi connectivity index (χ2n) is 2.55. The topological polar surface area (TPSA) is 128 Å². The van der Waals surface area contributed by atoms with Crippen molar-refractivity contribution in [2.75, 3.05) is 0 Å². The molecule has 0 spiro atoms. The third kappa shape index (κ3) is 12.5. The number of rotatable bonds is 0. The Bertz CT molecular complexity index is 205. The van der Waals surface area contributed by atoms with Crippen LogP contribution in [0.5, 0.6) is 0 Å². The van der Waals surface area contributed by atoms with E-state index < -0.39 is 10.4 Å². The van der Waals surface area contributed by atoms with Crippen LogP contribution < -0.4 is 0 Å². The summed E-state index contributed by atoms with van der Waals surface area (Å²) >= 11 is 0. The molecular formula is C5H10N2O4PtS. The van der Waals surface area contributed by atoms with E-state index in [1.807, 2.05) is 0 Å². The summed E-state index contributed by atoms with van der Waals surface area (Å²) in [7, 11) is -5.17. The zero-order valence-electron chi connectivity index (χ0n) is 6.63. The molecule has 1 aliphatic rings. The van der Waals surface area contributed by atoms with E-state index in [2.05, 4.69) is 0 Å². The van der Waals surface area contributed by atoms with Gasteiger partial charge in [0.15, 0.2) is 0 Å². The van der Waals surface area contributed by atoms with Gasteiger partial charge in [0.05, 0.1) is 0 Å². The van der Waals surface area contributed by atoms with Crippen LogP contribution in [0, 0.1) is 0 Å². The Morgan fingerprint density at radius 3 is 1.38 bits per heavy atom. The smallest absolute Gasteiger partial charge is 0.759 e. The third-order valence-electron chi connectivity index (χ3n) is 1.52. The Balaban J connectivity index is 0. The Labute approximate surface area is 91.9 Å². The van der Waals surface area contributed by atoms with Crippen molar-refractivity contribution in [2.45, 2.75) is 31.3 Å². The van der Waals surface area contributed by atoms with E-state index in [4.69, 9.17) is 29.0 Å². The van der Waals surface area contributed by atoms with E-state index in [0.717, 1.165) is 19.3 Å². The van der Waals surface area contributed by atoms with Gasteiger partial charge in [-0.25, -0.2) is 0 Å². The van der Waals surface area contributed by atoms with Gasteiger partial charge in [0, 0.05) is 10.4 Å². The van der Waals surface area contributed by atoms with E-state index in [1.165, 1.54) is 0 Å². The maximum Gasteiger partial charge on any atom is 4.00 e. The van der Waals surface area contributed by atoms with Crippen molar-refractivity contribution < 1.29 is 38.6 Å². The van der Waals surface area contributed by atoms with Crippen LogP contribution in [0.15, 0.2) is 0 Å². The molecule has 2 unspecified atom stereocenters. The van der Waals surface area contributed by atoms with Crippen LogP contribution >= 0.6 is 0 Å². The minimum absolute atomic E-state index is 0. The molecule has 1 aliphatic carbocycles. The largest absolute Gasteiger partial charge is 4.00 e. The van der Waals surface area contributed by atoms with Crippen LogP contribution in [0.2, 0.25) is 0 Å². The zero-order chi connectivity index (χ0) is 9.78. The van der Waals surface area contributed by atoms with Crippen molar-refractivity contribution in [2.24, 2.45) is 0 Å². The summed E-state index contributed by atoms with van der Waals surface area (Å²) in [5.41, 5.74) is 14.3. The van der Waals surface area contributed by atoms with Gasteiger partial charge in [0.1, 0.15) is 0 Å². The van der Waals surface area contributed by atoms with Crippen LogP contribution in [-0.2, 0) is 31.5 Å². The molecule has 0 aromatic rings. The van der Waals surface area contributed by atoms with E-state index >= 15 is 0 Å². The van der Waals surface area contributed by atoms with Gasteiger partial charge in [-0.15, -0.1) is 0 Å². The first kappa shape index (κ1) is 15.9. The summed E-state index contributed by atoms with van der Waals surface area (Å²) in [5.74, 6) is 0. The van der Waals surface area contributed by atoms with Crippen LogP contribution in [-0.4, -0.2) is 29.6 Å². The van der Waals surface area contributed by atoms with Crippen LogP contribution in [0.4, 0.5) is 0 Å². The van der Waals surface area contributed by atoms with E-state index in [-0.39, 0.29) is 33.1 Å². The summed E-state index contributed by atoms with van der Waals surface area (Å²) in [6, 6.07) is -0.139. The number of nitrogens with one attached hydrogen (secondary N) is 2. The molecule has 0 aromatic carbocycles. The number of hydrogen-bond acceptors (Lipinski definition) is 4. The molecule has 2 N–H and O–H groups in total. The van der Waals surface area contributed by atoms with Crippen LogP contribution in [0.1, 0.15) is 19.3 Å². The molecule has 1 rings (SSSR count). The second kappa shape index (κ2) is 6.86. The predicted octanol–water partition coefficient (Wildman–Crippen LogP) is 0.671. The van der Waals surface area contributed by atoms with E-state index in [9.17, 15) is 0 Å². The van der Waals surface area contributed by atoms with Crippen molar-refractivity contribution in [3.05, 3.63) is 11.5 Å². The molecule has 0 bridgehead atoms. The fourth-order valence-corrected chi connectivity index (χ4v) is 0.960. The summed E-state index contributed by atoms with van der Waals surface area (Å²) in [6.45, 7) is 0. The van der Waals surface area contributed by atoms with E-state index in [1.54, 1.807) is 0 Å². The molecule has 1 saturated carbocycles. The molecular weight excluding hydrogens is 379 g/mol. The SMILES string of the molecule is O=S(=O)([O-])[O-].[NH-]C1CCCC1[NH-].[Pt+4]. The standard InChI is InChI=1S/C5H10N2.H2O4S.Pt/c6-4-2-1-3-5(4)7;1-5(2,3)4;/h4-7H,1-3H2;(H2,1,2,3,4);/q-2;;+4/p-2. The van der Waals surface area contributed by atoms with Crippen molar-refractivity contribution in [1.29, 1.82) is 0 Å². The molecule has 0 heterocycles. The molecule has 1 fully saturated rings. The monoisotopic (exact) mass is 389 g/mol. The zero-order valence-corrected chi connectivity index (χ0v) is 9.72. The first-order valence-corrected chi connectivity index (χ1v) is 4.73. The summed E-state index contributed by atoms with van der Waals surface area (Å²) in [6.07, 6.45) is 3.00. The molecule has 2 atom stereocenters. The van der Waals surface area contributed by atoms with Crippen molar-refractivity contribution >= 4 is 10.4 Å². The maximum atomic E-state index is 8.52. The first-order chi connectivity index (χ1) is 5.30. The van der Waals surface area contributed by atoms with Gasteiger partial charge in [-0.2, -0.15) is 12.1 Å². The minimum Gasteiger partial charge on any atom is -0.759 e. The van der Waals surface area contributed by atoms with Gasteiger partial charge < -0.3 is 20.6 Å². The normalized spacial score (nSPS) is 27.1. The van der Waals surface area contributed by atoms with Crippen LogP contribution in [0.3, 0.4) is 0 Å². The van der Waals surface area contributed by atoms with Gasteiger partial charge in [0.25, 0.3) is 0 Å². The van der Waals surface area contributed by atoms with Gasteiger partial charge in [-0.1, -0.05) is 19.3 Å². The van der Waals surface area contributed by atoms with Crippen molar-refractivity contribution in [3.8, 4) is 0 Å². The molecule has 0 amide bonds. The Kier molecular flexibility index (Phi) is 8.41. The van der Waals surface area contributed by atoms with Crippen LogP contribution in [0.25, 0.3) is 11.5 Å². The Hall–Kier alpha value is 0.478. The van der Waals surface area contributed by atoms with Crippen molar-refractivity contribution in [1.82, 2.24) is 0 Å². The molecule has 0 saturated heterocycles. The van der Waals surface area contributed by atoms with Gasteiger partial charge in [0.2, 0.25) is 0 Å². The second-order valence-corrected chi connectivity index (χ2v) is 3.37. The molecule has 0 radical (unpaired) electrons. The summed E-state index contributed by atoms with van der Waals surface area (Å²) in [4.78, 5) is 0.